The van der Waals surface area contributed by atoms with Gasteiger partial charge in [-0.25, -0.2) is 13.4 Å². The van der Waals surface area contributed by atoms with Gasteiger partial charge in [-0.15, -0.1) is 22.7 Å². The first-order valence-electron chi connectivity index (χ1n) is 11.2. The summed E-state index contributed by atoms with van der Waals surface area (Å²) in [5, 5.41) is 4.48. The Balaban J connectivity index is 1.49. The second kappa shape index (κ2) is 9.22. The van der Waals surface area contributed by atoms with Crippen molar-refractivity contribution in [1.82, 2.24) is 9.88 Å². The summed E-state index contributed by atoms with van der Waals surface area (Å²) in [5.74, 6) is -1.13. The average molecular weight is 512 g/mol. The number of aryl methyl sites for hydroxylation is 1. The zero-order valence-electron chi connectivity index (χ0n) is 19.0. The van der Waals surface area contributed by atoms with Crippen LogP contribution in [0.5, 0.6) is 0 Å². The van der Waals surface area contributed by atoms with Gasteiger partial charge in [0.25, 0.3) is 0 Å². The number of nitrogens with zero attached hydrogens (tertiary/aromatic N) is 2. The standard InChI is InChI=1S/C25H25N3O3S3/c1-3-28-13-12-18-21(14-28)33-25(23(18)24-26-19-6-4-5-7-20(19)32-24)27-22(29)15-34(30,31)17-10-8-16(2)9-11-17/h4-11H,3,12-15H2,1-2H3,(H,27,29). The first-order valence-corrected chi connectivity index (χ1v) is 14.4. The summed E-state index contributed by atoms with van der Waals surface area (Å²) >= 11 is 3.14. The van der Waals surface area contributed by atoms with Crippen molar-refractivity contribution in [3.63, 3.8) is 0 Å². The maximum absolute atomic E-state index is 12.9. The van der Waals surface area contributed by atoms with Crippen molar-refractivity contribution in [1.29, 1.82) is 0 Å². The van der Waals surface area contributed by atoms with E-state index in [9.17, 15) is 13.2 Å². The molecule has 0 saturated carbocycles. The normalized spacial score (nSPS) is 14.3. The second-order valence-corrected chi connectivity index (χ2v) is 12.6. The van der Waals surface area contributed by atoms with Crippen LogP contribution in [0.2, 0.25) is 0 Å². The van der Waals surface area contributed by atoms with Crippen LogP contribution in [0, 0.1) is 6.92 Å². The largest absolute Gasteiger partial charge is 0.316 e. The fraction of sp³-hybridized carbons (Fsp3) is 0.280. The van der Waals surface area contributed by atoms with Crippen LogP contribution in [0.15, 0.2) is 53.4 Å². The lowest BCUT2D eigenvalue weighted by Crippen LogP contribution is -2.29. The van der Waals surface area contributed by atoms with Crippen LogP contribution < -0.4 is 5.32 Å². The fourth-order valence-corrected chi connectivity index (χ4v) is 7.74. The summed E-state index contributed by atoms with van der Waals surface area (Å²) in [6, 6.07) is 14.6. The molecule has 0 fully saturated rings. The molecule has 0 unspecified atom stereocenters. The molecule has 1 N–H and O–H groups in total. The zero-order chi connectivity index (χ0) is 23.9. The van der Waals surface area contributed by atoms with Crippen molar-refractivity contribution in [3.05, 3.63) is 64.5 Å². The fourth-order valence-electron chi connectivity index (χ4n) is 4.18. The molecule has 5 rings (SSSR count). The van der Waals surface area contributed by atoms with Gasteiger partial charge < -0.3 is 5.32 Å². The molecular weight excluding hydrogens is 486 g/mol. The number of thiophene rings is 1. The summed E-state index contributed by atoms with van der Waals surface area (Å²) in [4.78, 5) is 21.5. The van der Waals surface area contributed by atoms with E-state index in [1.807, 2.05) is 31.2 Å². The third kappa shape index (κ3) is 4.53. The van der Waals surface area contributed by atoms with E-state index in [1.165, 1.54) is 21.8 Å². The predicted molar refractivity (Wildman–Crippen MR) is 139 cm³/mol. The van der Waals surface area contributed by atoms with E-state index >= 15 is 0 Å². The van der Waals surface area contributed by atoms with Gasteiger partial charge in [0.15, 0.2) is 9.84 Å². The minimum Gasteiger partial charge on any atom is -0.316 e. The van der Waals surface area contributed by atoms with Gasteiger partial charge in [-0.1, -0.05) is 36.8 Å². The Labute approximate surface area is 207 Å². The zero-order valence-corrected chi connectivity index (χ0v) is 21.4. The number of carbonyl (C=O) groups excluding carboxylic acids is 1. The van der Waals surface area contributed by atoms with Crippen molar-refractivity contribution >= 4 is 53.6 Å². The summed E-state index contributed by atoms with van der Waals surface area (Å²) < 4.78 is 26.7. The lowest BCUT2D eigenvalue weighted by molar-refractivity contribution is -0.113. The number of benzene rings is 2. The molecular formula is C25H25N3O3S3. The molecule has 0 atom stereocenters. The molecule has 3 heterocycles. The Bertz CT molecular complexity index is 1440. The first kappa shape index (κ1) is 23.2. The van der Waals surface area contributed by atoms with Gasteiger partial charge in [0.1, 0.15) is 15.8 Å². The van der Waals surface area contributed by atoms with Crippen LogP contribution >= 0.6 is 22.7 Å². The minimum atomic E-state index is -3.74. The summed E-state index contributed by atoms with van der Waals surface area (Å²) in [5.41, 5.74) is 4.05. The molecule has 0 spiro atoms. The van der Waals surface area contributed by atoms with E-state index in [0.29, 0.717) is 5.00 Å². The number of aromatic nitrogens is 1. The van der Waals surface area contributed by atoms with Gasteiger partial charge in [0.05, 0.1) is 15.1 Å². The molecule has 2 aromatic heterocycles. The molecule has 2 aromatic carbocycles. The number of amides is 1. The SMILES string of the molecule is CCN1CCc2c(sc(NC(=O)CS(=O)(=O)c3ccc(C)cc3)c2-c2nc3ccccc3s2)C1. The van der Waals surface area contributed by atoms with E-state index in [-0.39, 0.29) is 4.90 Å². The minimum absolute atomic E-state index is 0.156. The number of sulfone groups is 1. The first-order chi connectivity index (χ1) is 16.3. The smallest absolute Gasteiger partial charge is 0.240 e. The van der Waals surface area contributed by atoms with Crippen LogP contribution in [-0.4, -0.2) is 43.1 Å². The average Bonchev–Trinajstić information content (AvgIpc) is 3.38. The van der Waals surface area contributed by atoms with E-state index in [1.54, 1.807) is 35.6 Å². The highest BCUT2D eigenvalue weighted by Gasteiger charge is 2.28. The third-order valence-corrected chi connectivity index (χ3v) is 9.86. The number of hydrogen-bond acceptors (Lipinski definition) is 7. The van der Waals surface area contributed by atoms with E-state index in [0.717, 1.165) is 52.4 Å². The molecule has 9 heteroatoms. The van der Waals surface area contributed by atoms with Gasteiger partial charge in [0.2, 0.25) is 5.91 Å². The van der Waals surface area contributed by atoms with Crippen LogP contribution in [0.1, 0.15) is 22.9 Å². The Morgan fingerprint density at radius 3 is 2.62 bits per heavy atom. The highest BCUT2D eigenvalue weighted by Crippen LogP contribution is 2.45. The van der Waals surface area contributed by atoms with Crippen molar-refractivity contribution in [3.8, 4) is 10.6 Å². The molecule has 4 aromatic rings. The number of nitrogens with one attached hydrogen (secondary N) is 1. The van der Waals surface area contributed by atoms with Gasteiger partial charge in [-0.3, -0.25) is 9.69 Å². The van der Waals surface area contributed by atoms with E-state index in [2.05, 4.69) is 17.1 Å². The summed E-state index contributed by atoms with van der Waals surface area (Å²) in [6.45, 7) is 6.78. The molecule has 0 bridgehead atoms. The lowest BCUT2D eigenvalue weighted by Gasteiger charge is -2.25. The van der Waals surface area contributed by atoms with Gasteiger partial charge in [-0.05, 0) is 49.7 Å². The number of anilines is 1. The highest BCUT2D eigenvalue weighted by molar-refractivity contribution is 7.92. The van der Waals surface area contributed by atoms with Crippen LogP contribution in [0.4, 0.5) is 5.00 Å². The molecule has 0 radical (unpaired) electrons. The Morgan fingerprint density at radius 1 is 1.12 bits per heavy atom. The molecule has 6 nitrogen and oxygen atoms in total. The van der Waals surface area contributed by atoms with Crippen LogP contribution in [0.25, 0.3) is 20.8 Å². The Hall–Kier alpha value is -2.59. The number of hydrogen-bond donors (Lipinski definition) is 1. The monoisotopic (exact) mass is 511 g/mol. The summed E-state index contributed by atoms with van der Waals surface area (Å²) in [6.07, 6.45) is 0.877. The van der Waals surface area contributed by atoms with Gasteiger partial charge in [0, 0.05) is 23.5 Å². The predicted octanol–water partition coefficient (Wildman–Crippen LogP) is 5.12. The van der Waals surface area contributed by atoms with Crippen molar-refractivity contribution in [2.75, 3.05) is 24.2 Å². The number of carbonyl (C=O) groups is 1. The molecule has 1 aliphatic heterocycles. The maximum atomic E-state index is 12.9. The number of thiazole rings is 1. The van der Waals surface area contributed by atoms with Crippen molar-refractivity contribution < 1.29 is 13.2 Å². The lowest BCUT2D eigenvalue weighted by atomic mass is 10.0. The maximum Gasteiger partial charge on any atom is 0.240 e. The molecule has 0 saturated heterocycles. The number of fused-ring (bicyclic) bond motifs is 2. The molecule has 1 amide bonds. The molecule has 34 heavy (non-hydrogen) atoms. The molecule has 0 aliphatic carbocycles. The second-order valence-electron chi connectivity index (χ2n) is 8.43. The van der Waals surface area contributed by atoms with Gasteiger partial charge >= 0.3 is 0 Å². The van der Waals surface area contributed by atoms with Crippen molar-refractivity contribution in [2.24, 2.45) is 0 Å². The Morgan fingerprint density at radius 2 is 1.88 bits per heavy atom. The molecule has 176 valence electrons. The molecule has 1 aliphatic rings. The number of rotatable bonds is 6. The topological polar surface area (TPSA) is 79.4 Å². The third-order valence-electron chi connectivity index (χ3n) is 6.05. The summed E-state index contributed by atoms with van der Waals surface area (Å²) in [7, 11) is -3.74. The number of para-hydroxylation sites is 1. The van der Waals surface area contributed by atoms with E-state index < -0.39 is 21.5 Å². The Kier molecular flexibility index (Phi) is 6.28. The number of likely N-dealkylation sites (N-methyl/N-ethyl adjacent to an activating group) is 1. The quantitative estimate of drug-likeness (QED) is 0.389. The van der Waals surface area contributed by atoms with Crippen molar-refractivity contribution in [2.45, 2.75) is 31.7 Å². The van der Waals surface area contributed by atoms with Gasteiger partial charge in [-0.2, -0.15) is 0 Å². The highest BCUT2D eigenvalue weighted by atomic mass is 32.2. The van der Waals surface area contributed by atoms with Crippen LogP contribution in [0.3, 0.4) is 0 Å². The van der Waals surface area contributed by atoms with E-state index in [4.69, 9.17) is 4.98 Å². The van der Waals surface area contributed by atoms with Crippen LogP contribution in [-0.2, 0) is 27.6 Å².